The van der Waals surface area contributed by atoms with E-state index in [2.05, 4.69) is 32.1 Å². The van der Waals surface area contributed by atoms with Crippen LogP contribution in [0.3, 0.4) is 0 Å². The van der Waals surface area contributed by atoms with Gasteiger partial charge in [0.2, 0.25) is 0 Å². The van der Waals surface area contributed by atoms with Crippen molar-refractivity contribution in [1.82, 2.24) is 9.97 Å². The summed E-state index contributed by atoms with van der Waals surface area (Å²) in [6.07, 6.45) is 1.39. The molecule has 1 heterocycles. The van der Waals surface area contributed by atoms with Crippen LogP contribution in [0.1, 0.15) is 0 Å². The van der Waals surface area contributed by atoms with Gasteiger partial charge < -0.3 is 0 Å². The van der Waals surface area contributed by atoms with Crippen molar-refractivity contribution in [2.24, 2.45) is 0 Å². The molecule has 9 heavy (non-hydrogen) atoms. The fourth-order valence-electron chi connectivity index (χ4n) is 0.296. The Morgan fingerprint density at radius 3 is 2.78 bits per heavy atom. The summed E-state index contributed by atoms with van der Waals surface area (Å²) in [5.41, 5.74) is 0. The van der Waals surface area contributed by atoms with Gasteiger partial charge in [0.05, 0.1) is 4.47 Å². The van der Waals surface area contributed by atoms with Crippen LogP contribution >= 0.6 is 27.5 Å². The molecule has 0 atom stereocenters. The summed E-state index contributed by atoms with van der Waals surface area (Å²) in [6, 6.07) is 0. The highest BCUT2D eigenvalue weighted by atomic mass is 79.9. The molecule has 0 fully saturated rings. The fourth-order valence-corrected chi connectivity index (χ4v) is 0.586. The molecule has 0 bridgehead atoms. The van der Waals surface area contributed by atoms with Crippen LogP contribution in [0.5, 0.6) is 0 Å². The third-order valence-corrected chi connectivity index (χ3v) is 1.67. The molecule has 0 saturated carbocycles. The summed E-state index contributed by atoms with van der Waals surface area (Å²) in [6.45, 7) is 0. The van der Waals surface area contributed by atoms with Gasteiger partial charge >= 0.3 is 6.08 Å². The van der Waals surface area contributed by atoms with Crippen molar-refractivity contribution >= 4 is 27.5 Å². The van der Waals surface area contributed by atoms with E-state index in [0.29, 0.717) is 4.47 Å². The van der Waals surface area contributed by atoms with E-state index in [9.17, 15) is 4.39 Å². The minimum Gasteiger partial charge on any atom is -0.199 e. The van der Waals surface area contributed by atoms with Gasteiger partial charge in [0.25, 0.3) is 0 Å². The lowest BCUT2D eigenvalue weighted by molar-refractivity contribution is 0.537. The zero-order valence-corrected chi connectivity index (χ0v) is 6.37. The molecule has 1 aromatic heterocycles. The van der Waals surface area contributed by atoms with E-state index in [4.69, 9.17) is 11.6 Å². The van der Waals surface area contributed by atoms with E-state index in [1.807, 2.05) is 0 Å². The summed E-state index contributed by atoms with van der Waals surface area (Å²) in [5.74, 6) is 0. The molecule has 0 aliphatic carbocycles. The van der Waals surface area contributed by atoms with Gasteiger partial charge in [0.1, 0.15) is 11.3 Å². The summed E-state index contributed by atoms with van der Waals surface area (Å²) in [5, 5.41) is 0.0301. The highest BCUT2D eigenvalue weighted by molar-refractivity contribution is 9.10. The largest absolute Gasteiger partial charge is 0.310 e. The van der Waals surface area contributed by atoms with E-state index in [1.165, 1.54) is 0 Å². The lowest BCUT2D eigenvalue weighted by atomic mass is 10.7. The Kier molecular flexibility index (Phi) is 1.97. The van der Waals surface area contributed by atoms with E-state index in [1.54, 1.807) is 0 Å². The van der Waals surface area contributed by atoms with Gasteiger partial charge in [-0.25, -0.2) is 0 Å². The van der Waals surface area contributed by atoms with Gasteiger partial charge in [-0.1, -0.05) is 11.6 Å². The molecule has 47 valence electrons. The molecule has 0 N–H and O–H groups in total. The number of hydrogen-bond acceptors (Lipinski definition) is 2. The maximum atomic E-state index is 12.0. The van der Waals surface area contributed by atoms with Crippen molar-refractivity contribution in [3.8, 4) is 0 Å². The van der Waals surface area contributed by atoms with Crippen LogP contribution in [-0.4, -0.2) is 9.97 Å². The molecule has 1 rings (SSSR count). The monoisotopic (exact) mass is 209 g/mol. The number of rotatable bonds is 0. The van der Waals surface area contributed by atoms with Gasteiger partial charge in [-0.05, 0) is 15.9 Å². The zero-order valence-electron chi connectivity index (χ0n) is 4.03. The highest BCUT2D eigenvalue weighted by Gasteiger charge is 1.99. The minimum atomic E-state index is -0.872. The molecule has 2 nitrogen and oxygen atoms in total. The first-order valence-electron chi connectivity index (χ1n) is 1.96. The second kappa shape index (κ2) is 2.58. The lowest BCUT2D eigenvalue weighted by Crippen LogP contribution is -1.88. The standard InChI is InChI=1S/C4BrClFN2/c5-2-1-8-4(7)9-3(2)6. The number of nitrogens with zero attached hydrogens (tertiary/aromatic N) is 2. The van der Waals surface area contributed by atoms with Crippen LogP contribution in [0.4, 0.5) is 4.39 Å². The van der Waals surface area contributed by atoms with E-state index in [0.717, 1.165) is 0 Å². The van der Waals surface area contributed by atoms with Gasteiger partial charge in [-0.3, -0.25) is 0 Å². The molecule has 0 aliphatic heterocycles. The average molecular weight is 210 g/mol. The zero-order chi connectivity index (χ0) is 6.85. The second-order valence-electron chi connectivity index (χ2n) is 1.21. The molecular weight excluding hydrogens is 210 g/mol. The maximum Gasteiger partial charge on any atom is 0.310 e. The Morgan fingerprint density at radius 2 is 2.33 bits per heavy atom. The smallest absolute Gasteiger partial charge is 0.199 e. The first kappa shape index (κ1) is 6.89. The highest BCUT2D eigenvalue weighted by Crippen LogP contribution is 2.16. The van der Waals surface area contributed by atoms with Crippen molar-refractivity contribution in [2.45, 2.75) is 0 Å². The van der Waals surface area contributed by atoms with Crippen molar-refractivity contribution in [2.75, 3.05) is 0 Å². The molecule has 0 unspecified atom stereocenters. The lowest BCUT2D eigenvalue weighted by Gasteiger charge is -1.89. The number of aromatic nitrogens is 2. The minimum absolute atomic E-state index is 0.0301. The normalized spacial score (nSPS) is 9.67. The third kappa shape index (κ3) is 1.59. The van der Waals surface area contributed by atoms with Crippen molar-refractivity contribution in [1.29, 1.82) is 0 Å². The molecule has 1 aromatic rings. The Hall–Kier alpha value is -0.220. The third-order valence-electron chi connectivity index (χ3n) is 0.618. The summed E-state index contributed by atoms with van der Waals surface area (Å²) in [7, 11) is 0. The Bertz CT molecular complexity index is 230. The summed E-state index contributed by atoms with van der Waals surface area (Å²) >= 11 is 8.29. The molecule has 0 aliphatic rings. The van der Waals surface area contributed by atoms with Crippen molar-refractivity contribution < 1.29 is 4.39 Å². The molecule has 0 saturated heterocycles. The summed E-state index contributed by atoms with van der Waals surface area (Å²) < 4.78 is 12.4. The van der Waals surface area contributed by atoms with Crippen molar-refractivity contribution in [3.63, 3.8) is 0 Å². The topological polar surface area (TPSA) is 25.8 Å². The quantitative estimate of drug-likeness (QED) is 0.482. The number of halogens is 3. The first-order valence-corrected chi connectivity index (χ1v) is 3.13. The van der Waals surface area contributed by atoms with Crippen LogP contribution in [0, 0.1) is 12.3 Å². The van der Waals surface area contributed by atoms with E-state index >= 15 is 0 Å². The summed E-state index contributed by atoms with van der Waals surface area (Å²) in [4.78, 5) is 6.29. The van der Waals surface area contributed by atoms with E-state index < -0.39 is 6.08 Å². The van der Waals surface area contributed by atoms with Crippen LogP contribution in [0.2, 0.25) is 5.15 Å². The average Bonchev–Trinajstić information content (AvgIpc) is 1.80. The van der Waals surface area contributed by atoms with Crippen LogP contribution in [0.15, 0.2) is 4.47 Å². The fraction of sp³-hybridized carbons (Fsp3) is 0. The van der Waals surface area contributed by atoms with Gasteiger partial charge in [-0.15, -0.1) is 0 Å². The van der Waals surface area contributed by atoms with Crippen LogP contribution in [-0.2, 0) is 0 Å². The Balaban J connectivity index is 3.17. The van der Waals surface area contributed by atoms with Gasteiger partial charge in [0, 0.05) is 0 Å². The van der Waals surface area contributed by atoms with Crippen LogP contribution < -0.4 is 0 Å². The van der Waals surface area contributed by atoms with E-state index in [-0.39, 0.29) is 5.15 Å². The molecule has 1 radical (unpaired) electrons. The second-order valence-corrected chi connectivity index (χ2v) is 2.36. The Labute approximate surface area is 64.2 Å². The SMILES string of the molecule is Fc1n[c]c(Br)c(Cl)n1. The van der Waals surface area contributed by atoms with Gasteiger partial charge in [0.15, 0.2) is 0 Å². The molecule has 0 aromatic carbocycles. The molecular formula is C4BrClFN2. The predicted molar refractivity (Wildman–Crippen MR) is 33.5 cm³/mol. The molecule has 0 amide bonds. The predicted octanol–water partition coefficient (Wildman–Crippen LogP) is 1.83. The van der Waals surface area contributed by atoms with Crippen LogP contribution in [0.25, 0.3) is 0 Å². The Morgan fingerprint density at radius 1 is 1.67 bits per heavy atom. The first-order chi connectivity index (χ1) is 4.20. The molecule has 5 heteroatoms. The van der Waals surface area contributed by atoms with Crippen molar-refractivity contribution in [3.05, 3.63) is 21.9 Å². The maximum absolute atomic E-state index is 12.0. The van der Waals surface area contributed by atoms with Gasteiger partial charge in [-0.2, -0.15) is 14.4 Å². The molecule has 0 spiro atoms. The number of hydrogen-bond donors (Lipinski definition) is 0.